The van der Waals surface area contributed by atoms with Crippen molar-refractivity contribution in [3.63, 3.8) is 0 Å². The van der Waals surface area contributed by atoms with Crippen molar-refractivity contribution < 1.29 is 14.3 Å². The molecule has 0 spiro atoms. The Kier molecular flexibility index (Phi) is 8.64. The maximum Gasteiger partial charge on any atom is 0.407 e. The second-order valence-electron chi connectivity index (χ2n) is 10.4. The number of aromatic nitrogens is 3. The maximum absolute atomic E-state index is 12.2. The molecule has 0 saturated carbocycles. The van der Waals surface area contributed by atoms with E-state index in [9.17, 15) is 4.79 Å². The molecule has 4 rings (SSSR count). The lowest BCUT2D eigenvalue weighted by atomic mass is 10.0. The molecule has 1 amide bonds. The van der Waals surface area contributed by atoms with Gasteiger partial charge in [-0.05, 0) is 62.9 Å². The standard InChI is InChI=1S/C29H33BrN6O3/c1-7-20(34-28(37)39-29(2,3)4)16-38-21-10-18(13-31-14-21)26-12-22-23-11-19(30)8-9-25(23)32-15-24(22)27(35-26)33-17-36(5)6/h8-15,17,20H,7,16H2,1-6H3,(H,34,37)/t20-/m1/s1. The number of ether oxygens (including phenoxy) is 2. The summed E-state index contributed by atoms with van der Waals surface area (Å²) in [6, 6.07) is 9.70. The van der Waals surface area contributed by atoms with Crippen molar-refractivity contribution in [3.05, 3.63) is 53.4 Å². The molecule has 0 fully saturated rings. The molecule has 1 aromatic carbocycles. The van der Waals surface area contributed by atoms with Crippen LogP contribution in [0.25, 0.3) is 32.9 Å². The van der Waals surface area contributed by atoms with Crippen LogP contribution in [0.3, 0.4) is 0 Å². The second kappa shape index (κ2) is 11.9. The Morgan fingerprint density at radius 1 is 1.13 bits per heavy atom. The quantitative estimate of drug-likeness (QED) is 0.141. The Morgan fingerprint density at radius 3 is 2.64 bits per heavy atom. The summed E-state index contributed by atoms with van der Waals surface area (Å²) in [5.41, 5.74) is 1.80. The number of carbonyl (C=O) groups excluding carboxylic acids is 1. The van der Waals surface area contributed by atoms with Gasteiger partial charge in [0.1, 0.15) is 18.0 Å². The molecular weight excluding hydrogens is 560 g/mol. The number of rotatable bonds is 8. The van der Waals surface area contributed by atoms with E-state index >= 15 is 0 Å². The average Bonchev–Trinajstić information content (AvgIpc) is 2.88. The SMILES string of the molecule is CC[C@H](COc1cncc(-c2cc3c(cnc4ccc(Br)cc43)c(N=CN(C)C)n2)c1)NC(=O)OC(C)(C)C. The van der Waals surface area contributed by atoms with Crippen LogP contribution in [0.5, 0.6) is 5.75 Å². The van der Waals surface area contributed by atoms with Gasteiger partial charge in [0.25, 0.3) is 0 Å². The van der Waals surface area contributed by atoms with Crippen LogP contribution in [-0.4, -0.2) is 64.6 Å². The number of carbonyl (C=O) groups is 1. The topological polar surface area (TPSA) is 102 Å². The van der Waals surface area contributed by atoms with Gasteiger partial charge in [-0.15, -0.1) is 0 Å². The molecule has 9 nitrogen and oxygen atoms in total. The van der Waals surface area contributed by atoms with Gasteiger partial charge in [0.2, 0.25) is 0 Å². The molecule has 3 heterocycles. The van der Waals surface area contributed by atoms with Crippen LogP contribution in [-0.2, 0) is 4.74 Å². The summed E-state index contributed by atoms with van der Waals surface area (Å²) >= 11 is 3.58. The van der Waals surface area contributed by atoms with E-state index in [1.807, 2.05) is 83.2 Å². The summed E-state index contributed by atoms with van der Waals surface area (Å²) < 4.78 is 12.4. The van der Waals surface area contributed by atoms with E-state index in [-0.39, 0.29) is 12.6 Å². The van der Waals surface area contributed by atoms with Gasteiger partial charge in [-0.1, -0.05) is 22.9 Å². The van der Waals surface area contributed by atoms with Crippen molar-refractivity contribution >= 4 is 55.9 Å². The van der Waals surface area contributed by atoms with Gasteiger partial charge in [-0.2, -0.15) is 0 Å². The molecule has 10 heteroatoms. The van der Waals surface area contributed by atoms with Crippen molar-refractivity contribution in [2.24, 2.45) is 4.99 Å². The van der Waals surface area contributed by atoms with Crippen molar-refractivity contribution in [2.75, 3.05) is 20.7 Å². The molecule has 3 aromatic heterocycles. The van der Waals surface area contributed by atoms with Crippen molar-refractivity contribution in [3.8, 4) is 17.0 Å². The first kappa shape index (κ1) is 28.2. The summed E-state index contributed by atoms with van der Waals surface area (Å²) in [6.45, 7) is 7.74. The third kappa shape index (κ3) is 7.41. The number of nitrogens with one attached hydrogen (secondary N) is 1. The van der Waals surface area contributed by atoms with Gasteiger partial charge in [-0.25, -0.2) is 14.8 Å². The van der Waals surface area contributed by atoms with Crippen LogP contribution in [0.4, 0.5) is 10.6 Å². The third-order valence-corrected chi connectivity index (χ3v) is 6.20. The van der Waals surface area contributed by atoms with E-state index in [0.29, 0.717) is 23.7 Å². The van der Waals surface area contributed by atoms with Crippen LogP contribution >= 0.6 is 15.9 Å². The number of halogens is 1. The van der Waals surface area contributed by atoms with E-state index in [0.717, 1.165) is 31.7 Å². The number of hydrogen-bond acceptors (Lipinski definition) is 7. The van der Waals surface area contributed by atoms with E-state index in [1.165, 1.54) is 0 Å². The Labute approximate surface area is 236 Å². The molecule has 1 atom stereocenters. The normalized spacial score (nSPS) is 12.6. The molecule has 0 bridgehead atoms. The highest BCUT2D eigenvalue weighted by Crippen LogP contribution is 2.34. The van der Waals surface area contributed by atoms with Gasteiger partial charge < -0.3 is 19.7 Å². The molecule has 0 aliphatic heterocycles. The lowest BCUT2D eigenvalue weighted by molar-refractivity contribution is 0.0486. The number of nitrogens with zero attached hydrogens (tertiary/aromatic N) is 5. The molecule has 0 aliphatic carbocycles. The highest BCUT2D eigenvalue weighted by molar-refractivity contribution is 9.10. The molecule has 39 heavy (non-hydrogen) atoms. The van der Waals surface area contributed by atoms with Gasteiger partial charge in [0.15, 0.2) is 5.82 Å². The minimum atomic E-state index is -0.568. The zero-order valence-corrected chi connectivity index (χ0v) is 24.6. The fraction of sp³-hybridized carbons (Fsp3) is 0.345. The summed E-state index contributed by atoms with van der Waals surface area (Å²) in [5.74, 6) is 1.13. The first-order valence-electron chi connectivity index (χ1n) is 12.7. The zero-order chi connectivity index (χ0) is 28.2. The second-order valence-corrected chi connectivity index (χ2v) is 11.3. The summed E-state index contributed by atoms with van der Waals surface area (Å²) in [6.07, 6.45) is 7.14. The van der Waals surface area contributed by atoms with E-state index in [1.54, 1.807) is 18.7 Å². The molecule has 204 valence electrons. The van der Waals surface area contributed by atoms with E-state index < -0.39 is 11.7 Å². The lowest BCUT2D eigenvalue weighted by Crippen LogP contribution is -2.41. The zero-order valence-electron chi connectivity index (χ0n) is 23.0. The highest BCUT2D eigenvalue weighted by atomic mass is 79.9. The number of fused-ring (bicyclic) bond motifs is 3. The smallest absolute Gasteiger partial charge is 0.407 e. The molecular formula is C29H33BrN6O3. The van der Waals surface area contributed by atoms with Crippen LogP contribution < -0.4 is 10.1 Å². The van der Waals surface area contributed by atoms with Gasteiger partial charge >= 0.3 is 6.09 Å². The fourth-order valence-electron chi connectivity index (χ4n) is 3.85. The Balaban J connectivity index is 1.66. The largest absolute Gasteiger partial charge is 0.490 e. The fourth-order valence-corrected chi connectivity index (χ4v) is 4.21. The first-order valence-corrected chi connectivity index (χ1v) is 13.5. The number of pyridine rings is 3. The lowest BCUT2D eigenvalue weighted by Gasteiger charge is -2.23. The molecule has 1 N–H and O–H groups in total. The number of aliphatic imine (C=N–C) groups is 1. The molecule has 0 radical (unpaired) electrons. The Bertz CT molecular complexity index is 1520. The first-order chi connectivity index (χ1) is 18.5. The number of alkyl carbamates (subject to hydrolysis) is 1. The van der Waals surface area contributed by atoms with Gasteiger partial charge in [-0.3, -0.25) is 9.97 Å². The number of benzene rings is 1. The summed E-state index contributed by atoms with van der Waals surface area (Å²) in [4.78, 5) is 32.6. The Hall–Kier alpha value is -3.79. The minimum Gasteiger partial charge on any atom is -0.490 e. The number of hydrogen-bond donors (Lipinski definition) is 1. The third-order valence-electron chi connectivity index (χ3n) is 5.70. The molecule has 0 saturated heterocycles. The van der Waals surface area contributed by atoms with E-state index in [2.05, 4.69) is 36.2 Å². The molecule has 0 unspecified atom stereocenters. The van der Waals surface area contributed by atoms with Crippen molar-refractivity contribution in [2.45, 2.75) is 45.8 Å². The monoisotopic (exact) mass is 592 g/mol. The highest BCUT2D eigenvalue weighted by Gasteiger charge is 2.19. The van der Waals surface area contributed by atoms with Crippen LogP contribution in [0.2, 0.25) is 0 Å². The summed E-state index contributed by atoms with van der Waals surface area (Å²) in [7, 11) is 3.82. The van der Waals surface area contributed by atoms with Crippen LogP contribution in [0.1, 0.15) is 34.1 Å². The predicted molar refractivity (Wildman–Crippen MR) is 159 cm³/mol. The van der Waals surface area contributed by atoms with Crippen molar-refractivity contribution in [1.29, 1.82) is 0 Å². The van der Waals surface area contributed by atoms with Gasteiger partial charge in [0.05, 0.1) is 29.8 Å². The Morgan fingerprint density at radius 2 is 1.92 bits per heavy atom. The minimum absolute atomic E-state index is 0.216. The van der Waals surface area contributed by atoms with E-state index in [4.69, 9.17) is 14.5 Å². The van der Waals surface area contributed by atoms with Crippen molar-refractivity contribution in [1.82, 2.24) is 25.2 Å². The summed E-state index contributed by atoms with van der Waals surface area (Å²) in [5, 5.41) is 5.69. The van der Waals surface area contributed by atoms with Crippen LogP contribution in [0.15, 0.2) is 58.4 Å². The average molecular weight is 594 g/mol. The molecule has 0 aliphatic rings. The maximum atomic E-state index is 12.2. The predicted octanol–water partition coefficient (Wildman–Crippen LogP) is 6.51. The van der Waals surface area contributed by atoms with Gasteiger partial charge in [0, 0.05) is 47.3 Å². The molecule has 4 aromatic rings. The van der Waals surface area contributed by atoms with Crippen LogP contribution in [0, 0.1) is 0 Å². The number of amides is 1.